The second-order valence-electron chi connectivity index (χ2n) is 5.73. The van der Waals surface area contributed by atoms with Crippen LogP contribution in [0.1, 0.15) is 35.7 Å². The number of carbonyl (C=O) groups is 2. The highest BCUT2D eigenvalue weighted by Gasteiger charge is 2.39. The minimum Gasteiger partial charge on any atom is -0.480 e. The van der Waals surface area contributed by atoms with E-state index in [1.54, 1.807) is 12.3 Å². The van der Waals surface area contributed by atoms with E-state index in [2.05, 4.69) is 23.3 Å². The predicted molar refractivity (Wildman–Crippen MR) is 78.3 cm³/mol. The summed E-state index contributed by atoms with van der Waals surface area (Å²) in [4.78, 5) is 27.0. The molecule has 2 N–H and O–H groups in total. The quantitative estimate of drug-likeness (QED) is 0.901. The maximum Gasteiger partial charge on any atom is 0.322 e. The Morgan fingerprint density at radius 1 is 1.33 bits per heavy atom. The van der Waals surface area contributed by atoms with E-state index >= 15 is 0 Å². The molecule has 1 fully saturated rings. The van der Waals surface area contributed by atoms with E-state index in [1.807, 2.05) is 12.1 Å². The Hall–Kier alpha value is -2.43. The van der Waals surface area contributed by atoms with Crippen LogP contribution in [-0.4, -0.2) is 28.5 Å². The molecule has 5 nitrogen and oxygen atoms in total. The average Bonchev–Trinajstić information content (AvgIpc) is 3.22. The second kappa shape index (κ2) is 4.84. The van der Waals surface area contributed by atoms with Gasteiger partial charge in [0.15, 0.2) is 0 Å². The number of nitrogens with one attached hydrogen (secondary N) is 1. The van der Waals surface area contributed by atoms with Crippen molar-refractivity contribution in [2.45, 2.75) is 25.2 Å². The Bertz CT molecular complexity index is 735. The molecular formula is C16H16N2O3. The molecule has 21 heavy (non-hydrogen) atoms. The molecule has 0 spiro atoms. The third kappa shape index (κ3) is 2.59. The summed E-state index contributed by atoms with van der Waals surface area (Å²) in [5, 5.41) is 11.8. The lowest BCUT2D eigenvalue weighted by Gasteiger charge is -2.12. The minimum atomic E-state index is -1.06. The predicted octanol–water partition coefficient (Wildman–Crippen LogP) is 2.10. The van der Waals surface area contributed by atoms with Crippen LogP contribution >= 0.6 is 0 Å². The standard InChI is InChI=1S/C16H16N2O3/c1-16(5-6-16)10-2-3-13-12(8-10)11(4-7-17-13)15(21)18-9-14(19)20/h2-4,7-8H,5-6,9H2,1H3,(H,18,21)(H,19,20). The largest absolute Gasteiger partial charge is 0.480 e. The zero-order chi connectivity index (χ0) is 15.0. The van der Waals surface area contributed by atoms with Crippen molar-refractivity contribution in [1.82, 2.24) is 10.3 Å². The Kier molecular flexibility index (Phi) is 3.12. The number of carboxylic acids is 1. The molecule has 1 aliphatic rings. The van der Waals surface area contributed by atoms with E-state index in [0.29, 0.717) is 5.56 Å². The summed E-state index contributed by atoms with van der Waals surface area (Å²) >= 11 is 0. The summed E-state index contributed by atoms with van der Waals surface area (Å²) in [7, 11) is 0. The minimum absolute atomic E-state index is 0.207. The molecule has 0 bridgehead atoms. The van der Waals surface area contributed by atoms with Crippen molar-refractivity contribution < 1.29 is 14.7 Å². The number of amides is 1. The summed E-state index contributed by atoms with van der Waals surface area (Å²) < 4.78 is 0. The van der Waals surface area contributed by atoms with Gasteiger partial charge in [0.05, 0.1) is 11.1 Å². The summed E-state index contributed by atoms with van der Waals surface area (Å²) in [6, 6.07) is 7.60. The molecule has 108 valence electrons. The fraction of sp³-hybridized carbons (Fsp3) is 0.312. The van der Waals surface area contributed by atoms with E-state index in [9.17, 15) is 9.59 Å². The highest BCUT2D eigenvalue weighted by molar-refractivity contribution is 6.06. The Morgan fingerprint density at radius 2 is 2.10 bits per heavy atom. The number of aromatic nitrogens is 1. The lowest BCUT2D eigenvalue weighted by molar-refractivity contribution is -0.135. The van der Waals surface area contributed by atoms with Crippen LogP contribution in [0.3, 0.4) is 0 Å². The van der Waals surface area contributed by atoms with Gasteiger partial charge in [0.1, 0.15) is 6.54 Å². The molecule has 1 amide bonds. The molecule has 1 aromatic carbocycles. The average molecular weight is 284 g/mol. The topological polar surface area (TPSA) is 79.3 Å². The number of fused-ring (bicyclic) bond motifs is 1. The highest BCUT2D eigenvalue weighted by Crippen LogP contribution is 2.48. The highest BCUT2D eigenvalue weighted by atomic mass is 16.4. The number of pyridine rings is 1. The molecule has 1 aliphatic carbocycles. The first-order valence-electron chi connectivity index (χ1n) is 6.89. The number of hydrogen-bond donors (Lipinski definition) is 2. The van der Waals surface area contributed by atoms with Gasteiger partial charge in [-0.05, 0) is 42.0 Å². The zero-order valence-corrected chi connectivity index (χ0v) is 11.7. The molecule has 0 unspecified atom stereocenters. The molecule has 3 rings (SSSR count). The molecular weight excluding hydrogens is 268 g/mol. The number of carboxylic acid groups (broad SMARTS) is 1. The van der Waals surface area contributed by atoms with Crippen molar-refractivity contribution in [3.05, 3.63) is 41.6 Å². The van der Waals surface area contributed by atoms with Crippen LogP contribution in [0, 0.1) is 0 Å². The van der Waals surface area contributed by atoms with Gasteiger partial charge in [0, 0.05) is 11.6 Å². The van der Waals surface area contributed by atoms with E-state index in [0.717, 1.165) is 23.7 Å². The molecule has 1 saturated carbocycles. The van der Waals surface area contributed by atoms with Gasteiger partial charge in [-0.15, -0.1) is 0 Å². The van der Waals surface area contributed by atoms with E-state index < -0.39 is 5.97 Å². The second-order valence-corrected chi connectivity index (χ2v) is 5.73. The summed E-state index contributed by atoms with van der Waals surface area (Å²) in [6.07, 6.45) is 3.87. The van der Waals surface area contributed by atoms with Gasteiger partial charge in [-0.25, -0.2) is 0 Å². The van der Waals surface area contributed by atoms with Crippen LogP contribution in [0.25, 0.3) is 10.9 Å². The number of benzene rings is 1. The van der Waals surface area contributed by atoms with Gasteiger partial charge in [0.2, 0.25) is 0 Å². The molecule has 0 aliphatic heterocycles. The summed E-state index contributed by atoms with van der Waals surface area (Å²) in [6.45, 7) is 1.81. The Labute approximate surface area is 122 Å². The molecule has 1 heterocycles. The van der Waals surface area contributed by atoms with Crippen molar-refractivity contribution in [2.75, 3.05) is 6.54 Å². The lowest BCUT2D eigenvalue weighted by Crippen LogP contribution is -2.29. The van der Waals surface area contributed by atoms with Crippen LogP contribution in [0.2, 0.25) is 0 Å². The SMILES string of the molecule is CC1(c2ccc3nccc(C(=O)NCC(=O)O)c3c2)CC1. The first-order valence-corrected chi connectivity index (χ1v) is 6.89. The van der Waals surface area contributed by atoms with Crippen molar-refractivity contribution in [3.8, 4) is 0 Å². The van der Waals surface area contributed by atoms with Crippen LogP contribution in [-0.2, 0) is 10.2 Å². The molecule has 0 saturated heterocycles. The van der Waals surface area contributed by atoms with E-state index in [-0.39, 0.29) is 17.9 Å². The monoisotopic (exact) mass is 284 g/mol. The van der Waals surface area contributed by atoms with Gasteiger partial charge in [0.25, 0.3) is 5.91 Å². The van der Waals surface area contributed by atoms with Gasteiger partial charge in [-0.1, -0.05) is 13.0 Å². The third-order valence-electron chi connectivity index (χ3n) is 4.08. The summed E-state index contributed by atoms with van der Waals surface area (Å²) in [5.41, 5.74) is 2.62. The third-order valence-corrected chi connectivity index (χ3v) is 4.08. The zero-order valence-electron chi connectivity index (χ0n) is 11.7. The van der Waals surface area contributed by atoms with Crippen LogP contribution in [0.5, 0.6) is 0 Å². The number of aliphatic carboxylic acids is 1. The smallest absolute Gasteiger partial charge is 0.322 e. The van der Waals surface area contributed by atoms with Crippen molar-refractivity contribution in [3.63, 3.8) is 0 Å². The fourth-order valence-corrected chi connectivity index (χ4v) is 2.45. The molecule has 1 aromatic heterocycles. The Morgan fingerprint density at radius 3 is 2.76 bits per heavy atom. The first-order chi connectivity index (χ1) is 9.99. The first kappa shape index (κ1) is 13.5. The van der Waals surface area contributed by atoms with E-state index in [4.69, 9.17) is 5.11 Å². The van der Waals surface area contributed by atoms with Crippen LogP contribution < -0.4 is 5.32 Å². The number of nitrogens with zero attached hydrogens (tertiary/aromatic N) is 1. The normalized spacial score (nSPS) is 15.7. The molecule has 0 radical (unpaired) electrons. The van der Waals surface area contributed by atoms with Gasteiger partial charge in [-0.2, -0.15) is 0 Å². The van der Waals surface area contributed by atoms with Crippen molar-refractivity contribution in [2.24, 2.45) is 0 Å². The van der Waals surface area contributed by atoms with Crippen molar-refractivity contribution in [1.29, 1.82) is 0 Å². The van der Waals surface area contributed by atoms with Crippen LogP contribution in [0.4, 0.5) is 0 Å². The molecule has 2 aromatic rings. The number of rotatable bonds is 4. The van der Waals surface area contributed by atoms with Gasteiger partial charge >= 0.3 is 5.97 Å². The number of carbonyl (C=O) groups excluding carboxylic acids is 1. The van der Waals surface area contributed by atoms with Gasteiger partial charge in [-0.3, -0.25) is 14.6 Å². The van der Waals surface area contributed by atoms with E-state index in [1.165, 1.54) is 5.56 Å². The maximum absolute atomic E-state index is 12.1. The summed E-state index contributed by atoms with van der Waals surface area (Å²) in [5.74, 6) is -1.45. The van der Waals surface area contributed by atoms with Crippen molar-refractivity contribution >= 4 is 22.8 Å². The fourth-order valence-electron chi connectivity index (χ4n) is 2.45. The lowest BCUT2D eigenvalue weighted by atomic mass is 9.95. The molecule has 5 heteroatoms. The van der Waals surface area contributed by atoms with Crippen LogP contribution in [0.15, 0.2) is 30.5 Å². The van der Waals surface area contributed by atoms with Gasteiger partial charge < -0.3 is 10.4 Å². The molecule has 0 atom stereocenters. The number of hydrogen-bond acceptors (Lipinski definition) is 3. The maximum atomic E-state index is 12.1. The Balaban J connectivity index is 2.01.